The summed E-state index contributed by atoms with van der Waals surface area (Å²) < 4.78 is 11.4. The molecule has 3 aromatic rings. The molecule has 0 radical (unpaired) electrons. The lowest BCUT2D eigenvalue weighted by molar-refractivity contribution is -0.0501. The molecule has 1 saturated carbocycles. The molecular formula is C21H20N2O3. The zero-order valence-corrected chi connectivity index (χ0v) is 14.4. The van der Waals surface area contributed by atoms with Gasteiger partial charge in [0.2, 0.25) is 0 Å². The smallest absolute Gasteiger partial charge is 0.275 e. The van der Waals surface area contributed by atoms with Gasteiger partial charge in [0.25, 0.3) is 5.91 Å². The number of likely N-dealkylation sites (tertiary alicyclic amines) is 1. The summed E-state index contributed by atoms with van der Waals surface area (Å²) in [6, 6.07) is 14.6. The summed E-state index contributed by atoms with van der Waals surface area (Å²) in [4.78, 5) is 18.5. The van der Waals surface area contributed by atoms with Gasteiger partial charge in [0.1, 0.15) is 6.26 Å². The monoisotopic (exact) mass is 348 g/mol. The summed E-state index contributed by atoms with van der Waals surface area (Å²) >= 11 is 0. The van der Waals surface area contributed by atoms with E-state index >= 15 is 0 Å². The molecule has 0 unspecified atom stereocenters. The molecule has 2 aromatic carbocycles. The minimum absolute atomic E-state index is 0.0642. The molecule has 0 bridgehead atoms. The number of hydrogen-bond acceptors (Lipinski definition) is 4. The zero-order chi connectivity index (χ0) is 17.5. The molecule has 1 amide bonds. The molecule has 5 nitrogen and oxygen atoms in total. The lowest BCUT2D eigenvalue weighted by Crippen LogP contribution is -2.54. The lowest BCUT2D eigenvalue weighted by Gasteiger charge is -2.38. The highest BCUT2D eigenvalue weighted by atomic mass is 16.5. The first kappa shape index (κ1) is 15.6. The Morgan fingerprint density at radius 1 is 1.15 bits per heavy atom. The number of hydrogen-bond donors (Lipinski definition) is 0. The molecular weight excluding hydrogens is 328 g/mol. The average Bonchev–Trinajstić information content (AvgIpc) is 3.37. The third-order valence-corrected chi connectivity index (χ3v) is 5.16. The van der Waals surface area contributed by atoms with Crippen LogP contribution >= 0.6 is 0 Å². The molecule has 26 heavy (non-hydrogen) atoms. The van der Waals surface area contributed by atoms with Crippen LogP contribution in [-0.4, -0.2) is 35.0 Å². The Labute approximate surface area is 151 Å². The first-order valence-electron chi connectivity index (χ1n) is 9.11. The molecule has 5 rings (SSSR count). The van der Waals surface area contributed by atoms with Crippen LogP contribution in [0.25, 0.3) is 10.8 Å². The van der Waals surface area contributed by atoms with E-state index in [1.807, 2.05) is 12.1 Å². The maximum atomic E-state index is 12.4. The first-order valence-corrected chi connectivity index (χ1v) is 9.11. The Morgan fingerprint density at radius 3 is 2.81 bits per heavy atom. The topological polar surface area (TPSA) is 55.6 Å². The van der Waals surface area contributed by atoms with Gasteiger partial charge in [0, 0.05) is 19.0 Å². The first-order chi connectivity index (χ1) is 12.8. The lowest BCUT2D eigenvalue weighted by atomic mass is 10.1. The number of rotatable bonds is 5. The van der Waals surface area contributed by atoms with Gasteiger partial charge in [0.15, 0.2) is 11.6 Å². The molecule has 1 aliphatic carbocycles. The fourth-order valence-corrected chi connectivity index (χ4v) is 3.40. The van der Waals surface area contributed by atoms with Crippen molar-refractivity contribution in [1.82, 2.24) is 9.88 Å². The number of aromatic nitrogens is 1. The van der Waals surface area contributed by atoms with Crippen molar-refractivity contribution in [2.45, 2.75) is 31.5 Å². The summed E-state index contributed by atoms with van der Waals surface area (Å²) in [5, 5.41) is 2.44. The Morgan fingerprint density at radius 2 is 1.96 bits per heavy atom. The molecule has 2 heterocycles. The zero-order valence-electron chi connectivity index (χ0n) is 14.4. The number of fused-ring (bicyclic) bond motifs is 1. The molecule has 0 spiro atoms. The van der Waals surface area contributed by atoms with Crippen LogP contribution in [-0.2, 0) is 11.3 Å². The third kappa shape index (κ3) is 2.88. The highest BCUT2D eigenvalue weighted by Crippen LogP contribution is 2.39. The van der Waals surface area contributed by atoms with E-state index in [0.717, 1.165) is 12.8 Å². The van der Waals surface area contributed by atoms with E-state index in [1.165, 1.54) is 22.6 Å². The number of nitrogens with zero attached hydrogens (tertiary/aromatic N) is 2. The van der Waals surface area contributed by atoms with Crippen LogP contribution < -0.4 is 0 Å². The molecule has 132 valence electrons. The van der Waals surface area contributed by atoms with E-state index in [4.69, 9.17) is 9.15 Å². The van der Waals surface area contributed by atoms with E-state index in [1.54, 1.807) is 4.90 Å². The largest absolute Gasteiger partial charge is 0.448 e. The van der Waals surface area contributed by atoms with Crippen LogP contribution in [0.5, 0.6) is 0 Å². The Kier molecular flexibility index (Phi) is 3.75. The Hall–Kier alpha value is -2.66. The van der Waals surface area contributed by atoms with Gasteiger partial charge >= 0.3 is 0 Å². The predicted molar refractivity (Wildman–Crippen MR) is 96.9 cm³/mol. The quantitative estimate of drug-likeness (QED) is 0.705. The van der Waals surface area contributed by atoms with Gasteiger partial charge in [0.05, 0.1) is 12.7 Å². The van der Waals surface area contributed by atoms with Gasteiger partial charge in [-0.3, -0.25) is 4.79 Å². The number of carbonyl (C=O) groups excluding carboxylic acids is 1. The van der Waals surface area contributed by atoms with Gasteiger partial charge in [-0.25, -0.2) is 4.98 Å². The summed E-state index contributed by atoms with van der Waals surface area (Å²) in [7, 11) is 0. The van der Waals surface area contributed by atoms with Crippen LogP contribution in [0.1, 0.15) is 40.7 Å². The maximum absolute atomic E-state index is 12.4. The van der Waals surface area contributed by atoms with Crippen molar-refractivity contribution in [3.8, 4) is 0 Å². The van der Waals surface area contributed by atoms with E-state index in [0.29, 0.717) is 37.2 Å². The second-order valence-electron chi connectivity index (χ2n) is 7.13. The van der Waals surface area contributed by atoms with Crippen molar-refractivity contribution in [3.05, 3.63) is 65.9 Å². The van der Waals surface area contributed by atoms with Crippen molar-refractivity contribution in [2.75, 3.05) is 13.1 Å². The third-order valence-electron chi connectivity index (χ3n) is 5.16. The SMILES string of the molecule is O=C(c1coc(C2CC2)n1)N1CC(OCc2cccc3ccccc23)C1. The number of amides is 1. The highest BCUT2D eigenvalue weighted by molar-refractivity contribution is 5.92. The minimum atomic E-state index is -0.0642. The molecule has 1 aliphatic heterocycles. The number of carbonyl (C=O) groups is 1. The average molecular weight is 348 g/mol. The van der Waals surface area contributed by atoms with Crippen LogP contribution in [0.3, 0.4) is 0 Å². The summed E-state index contributed by atoms with van der Waals surface area (Å²) in [6.07, 6.45) is 3.79. The van der Waals surface area contributed by atoms with Gasteiger partial charge in [-0.05, 0) is 29.2 Å². The van der Waals surface area contributed by atoms with E-state index in [-0.39, 0.29) is 12.0 Å². The van der Waals surface area contributed by atoms with Crippen LogP contribution in [0.4, 0.5) is 0 Å². The minimum Gasteiger partial charge on any atom is -0.448 e. The Balaban J connectivity index is 1.17. The van der Waals surface area contributed by atoms with Gasteiger partial charge < -0.3 is 14.1 Å². The summed E-state index contributed by atoms with van der Waals surface area (Å²) in [5.74, 6) is 1.06. The van der Waals surface area contributed by atoms with Crippen LogP contribution in [0.15, 0.2) is 53.1 Å². The molecule has 1 saturated heterocycles. The van der Waals surface area contributed by atoms with Crippen molar-refractivity contribution in [1.29, 1.82) is 0 Å². The standard InChI is InChI=1S/C21H20N2O3/c24-21(19-13-26-20(22-19)15-8-9-15)23-10-17(11-23)25-12-16-6-3-5-14-4-1-2-7-18(14)16/h1-7,13,15,17H,8-12H2. The summed E-state index contributed by atoms with van der Waals surface area (Å²) in [5.41, 5.74) is 1.60. The van der Waals surface area contributed by atoms with E-state index in [2.05, 4.69) is 35.3 Å². The molecule has 0 N–H and O–H groups in total. The number of ether oxygens (including phenoxy) is 1. The maximum Gasteiger partial charge on any atom is 0.275 e. The predicted octanol–water partition coefficient (Wildman–Crippen LogP) is 3.75. The number of oxazole rings is 1. The molecule has 2 fully saturated rings. The second kappa shape index (κ2) is 6.25. The van der Waals surface area contributed by atoms with Crippen molar-refractivity contribution >= 4 is 16.7 Å². The second-order valence-corrected chi connectivity index (χ2v) is 7.13. The van der Waals surface area contributed by atoms with Crippen molar-refractivity contribution < 1.29 is 13.9 Å². The fraction of sp³-hybridized carbons (Fsp3) is 0.333. The normalized spacial score (nSPS) is 17.5. The van der Waals surface area contributed by atoms with Crippen molar-refractivity contribution in [2.24, 2.45) is 0 Å². The molecule has 0 atom stereocenters. The summed E-state index contributed by atoms with van der Waals surface area (Å²) in [6.45, 7) is 1.77. The van der Waals surface area contributed by atoms with E-state index in [9.17, 15) is 4.79 Å². The molecule has 2 aliphatic rings. The number of benzene rings is 2. The van der Waals surface area contributed by atoms with Gasteiger partial charge in [-0.2, -0.15) is 0 Å². The van der Waals surface area contributed by atoms with E-state index < -0.39 is 0 Å². The van der Waals surface area contributed by atoms with Crippen LogP contribution in [0.2, 0.25) is 0 Å². The van der Waals surface area contributed by atoms with Crippen LogP contribution in [0, 0.1) is 0 Å². The van der Waals surface area contributed by atoms with Crippen molar-refractivity contribution in [3.63, 3.8) is 0 Å². The molecule has 5 heteroatoms. The van der Waals surface area contributed by atoms with Gasteiger partial charge in [-0.1, -0.05) is 42.5 Å². The highest BCUT2D eigenvalue weighted by Gasteiger charge is 2.35. The fourth-order valence-electron chi connectivity index (χ4n) is 3.40. The van der Waals surface area contributed by atoms with Gasteiger partial charge in [-0.15, -0.1) is 0 Å². The Bertz CT molecular complexity index is 949. The molecule has 1 aromatic heterocycles.